The van der Waals surface area contributed by atoms with Gasteiger partial charge in [0, 0.05) is 17.9 Å². The zero-order chi connectivity index (χ0) is 14.9. The van der Waals surface area contributed by atoms with E-state index < -0.39 is 5.54 Å². The molecule has 0 radical (unpaired) electrons. The molecule has 2 aromatic carbocycles. The quantitative estimate of drug-likeness (QED) is 0.914. The van der Waals surface area contributed by atoms with E-state index in [2.05, 4.69) is 17.4 Å². The summed E-state index contributed by atoms with van der Waals surface area (Å²) in [6.45, 7) is -0.00825. The van der Waals surface area contributed by atoms with E-state index >= 15 is 0 Å². The van der Waals surface area contributed by atoms with Gasteiger partial charge < -0.3 is 11.1 Å². The summed E-state index contributed by atoms with van der Waals surface area (Å²) in [5.74, 6) is -0.141. The van der Waals surface area contributed by atoms with Crippen molar-refractivity contribution >= 4 is 17.5 Å². The van der Waals surface area contributed by atoms with Crippen LogP contribution in [0.5, 0.6) is 0 Å². The number of amides is 1. The molecule has 0 bridgehead atoms. The van der Waals surface area contributed by atoms with Gasteiger partial charge in [-0.25, -0.2) is 0 Å². The Morgan fingerprint density at radius 2 is 1.67 bits per heavy atom. The Labute approximate surface area is 129 Å². The van der Waals surface area contributed by atoms with Crippen molar-refractivity contribution in [1.29, 1.82) is 0 Å². The third kappa shape index (κ3) is 2.67. The lowest BCUT2D eigenvalue weighted by Crippen LogP contribution is -2.48. The minimum atomic E-state index is -0.426. The maximum absolute atomic E-state index is 11.9. The number of fused-ring (bicyclic) bond motifs is 1. The van der Waals surface area contributed by atoms with Crippen LogP contribution < -0.4 is 11.1 Å². The van der Waals surface area contributed by atoms with Crippen LogP contribution in [0.25, 0.3) is 0 Å². The topological polar surface area (TPSA) is 55.1 Å². The molecule has 0 atom stereocenters. The molecule has 3 nitrogen and oxygen atoms in total. The van der Waals surface area contributed by atoms with E-state index in [1.165, 1.54) is 11.1 Å². The van der Waals surface area contributed by atoms with E-state index in [9.17, 15) is 4.79 Å². The Balaban J connectivity index is 2.01. The molecule has 0 spiro atoms. The second-order valence-corrected chi connectivity index (χ2v) is 5.90. The lowest BCUT2D eigenvalue weighted by Gasteiger charge is -2.31. The van der Waals surface area contributed by atoms with Gasteiger partial charge in [0.25, 0.3) is 0 Å². The van der Waals surface area contributed by atoms with Gasteiger partial charge in [-0.1, -0.05) is 48.0 Å². The van der Waals surface area contributed by atoms with Crippen LogP contribution in [-0.4, -0.2) is 12.5 Å². The highest BCUT2D eigenvalue weighted by Crippen LogP contribution is 2.38. The van der Waals surface area contributed by atoms with Crippen LogP contribution in [0.3, 0.4) is 0 Å². The van der Waals surface area contributed by atoms with Crippen LogP contribution in [0.2, 0.25) is 5.02 Å². The van der Waals surface area contributed by atoms with Crippen molar-refractivity contribution < 1.29 is 4.79 Å². The normalized spacial score (nSPS) is 15.5. The fourth-order valence-corrected chi connectivity index (χ4v) is 3.19. The molecule has 1 amide bonds. The van der Waals surface area contributed by atoms with Crippen molar-refractivity contribution in [2.45, 2.75) is 18.4 Å². The van der Waals surface area contributed by atoms with E-state index in [0.29, 0.717) is 5.02 Å². The van der Waals surface area contributed by atoms with E-state index in [-0.39, 0.29) is 12.5 Å². The van der Waals surface area contributed by atoms with Crippen LogP contribution >= 0.6 is 11.6 Å². The molecular formula is C17H17ClN2O. The maximum Gasteiger partial charge on any atom is 0.234 e. The summed E-state index contributed by atoms with van der Waals surface area (Å²) in [6, 6.07) is 16.0. The smallest absolute Gasteiger partial charge is 0.234 e. The predicted octanol–water partition coefficient (Wildman–Crippen LogP) is 2.41. The largest absolute Gasteiger partial charge is 0.345 e. The summed E-state index contributed by atoms with van der Waals surface area (Å²) in [5, 5.41) is 3.81. The fourth-order valence-electron chi connectivity index (χ4n) is 3.07. The van der Waals surface area contributed by atoms with Crippen molar-refractivity contribution in [3.05, 3.63) is 70.2 Å². The van der Waals surface area contributed by atoms with Crippen molar-refractivity contribution in [3.8, 4) is 0 Å². The highest BCUT2D eigenvalue weighted by molar-refractivity contribution is 6.30. The molecule has 1 aliphatic rings. The monoisotopic (exact) mass is 300 g/mol. The lowest BCUT2D eigenvalue weighted by atomic mass is 9.86. The summed E-state index contributed by atoms with van der Waals surface area (Å²) in [5.41, 5.74) is 8.65. The number of carbonyl (C=O) groups is 1. The molecule has 108 valence electrons. The Kier molecular flexibility index (Phi) is 3.70. The molecule has 0 fully saturated rings. The molecule has 21 heavy (non-hydrogen) atoms. The van der Waals surface area contributed by atoms with Crippen molar-refractivity contribution in [2.24, 2.45) is 5.73 Å². The molecular weight excluding hydrogens is 284 g/mol. The van der Waals surface area contributed by atoms with Crippen LogP contribution in [0.15, 0.2) is 48.5 Å². The van der Waals surface area contributed by atoms with E-state index in [0.717, 1.165) is 18.4 Å². The van der Waals surface area contributed by atoms with Crippen molar-refractivity contribution in [1.82, 2.24) is 5.32 Å². The van der Waals surface area contributed by atoms with Crippen LogP contribution in [0, 0.1) is 0 Å². The standard InChI is InChI=1S/C17H17ClN2O/c18-15-7-5-14(6-8-15)17(20-16(21)11-19)9-12-3-1-2-4-13(12)10-17/h1-8H,9-11,19H2,(H,20,21). The first-order valence-corrected chi connectivity index (χ1v) is 7.35. The first kappa shape index (κ1) is 14.1. The fraction of sp³-hybridized carbons (Fsp3) is 0.235. The van der Waals surface area contributed by atoms with Crippen molar-refractivity contribution in [3.63, 3.8) is 0 Å². The minimum Gasteiger partial charge on any atom is -0.345 e. The van der Waals surface area contributed by atoms with Gasteiger partial charge >= 0.3 is 0 Å². The molecule has 0 saturated carbocycles. The molecule has 1 aliphatic carbocycles. The van der Waals surface area contributed by atoms with E-state index in [1.54, 1.807) is 0 Å². The van der Waals surface area contributed by atoms with Gasteiger partial charge in [0.05, 0.1) is 12.1 Å². The van der Waals surface area contributed by atoms with Crippen LogP contribution in [0.1, 0.15) is 16.7 Å². The van der Waals surface area contributed by atoms with Gasteiger partial charge in [0.1, 0.15) is 0 Å². The minimum absolute atomic E-state index is 0.00825. The zero-order valence-corrected chi connectivity index (χ0v) is 12.4. The average Bonchev–Trinajstić information content (AvgIpc) is 2.86. The highest BCUT2D eigenvalue weighted by Gasteiger charge is 2.39. The second kappa shape index (κ2) is 5.51. The van der Waals surface area contributed by atoms with Gasteiger partial charge in [0.2, 0.25) is 5.91 Å². The summed E-state index contributed by atoms with van der Waals surface area (Å²) in [4.78, 5) is 11.9. The number of halogens is 1. The Hall–Kier alpha value is -1.84. The summed E-state index contributed by atoms with van der Waals surface area (Å²) in [6.07, 6.45) is 1.55. The Bertz CT molecular complexity index is 642. The molecule has 0 saturated heterocycles. The number of rotatable bonds is 3. The molecule has 3 rings (SSSR count). The number of hydrogen-bond acceptors (Lipinski definition) is 2. The summed E-state index contributed by atoms with van der Waals surface area (Å²) >= 11 is 5.98. The number of nitrogens with two attached hydrogens (primary N) is 1. The highest BCUT2D eigenvalue weighted by atomic mass is 35.5. The first-order chi connectivity index (χ1) is 10.1. The van der Waals surface area contributed by atoms with Crippen molar-refractivity contribution in [2.75, 3.05) is 6.54 Å². The second-order valence-electron chi connectivity index (χ2n) is 5.46. The van der Waals surface area contributed by atoms with Gasteiger partial charge in [-0.3, -0.25) is 4.79 Å². The van der Waals surface area contributed by atoms with Gasteiger partial charge in [-0.2, -0.15) is 0 Å². The third-order valence-corrected chi connectivity index (χ3v) is 4.32. The van der Waals surface area contributed by atoms with E-state index in [1.807, 2.05) is 36.4 Å². The van der Waals surface area contributed by atoms with Gasteiger partial charge in [-0.05, 0) is 28.8 Å². The first-order valence-electron chi connectivity index (χ1n) is 6.97. The summed E-state index contributed by atoms with van der Waals surface area (Å²) < 4.78 is 0. The van der Waals surface area contributed by atoms with Crippen LogP contribution in [0.4, 0.5) is 0 Å². The molecule has 0 aromatic heterocycles. The average molecular weight is 301 g/mol. The zero-order valence-electron chi connectivity index (χ0n) is 11.6. The lowest BCUT2D eigenvalue weighted by molar-refractivity contribution is -0.121. The maximum atomic E-state index is 11.9. The Morgan fingerprint density at radius 3 is 2.19 bits per heavy atom. The van der Waals surface area contributed by atoms with Crippen LogP contribution in [-0.2, 0) is 23.2 Å². The number of benzene rings is 2. The van der Waals surface area contributed by atoms with Gasteiger partial charge in [-0.15, -0.1) is 0 Å². The third-order valence-electron chi connectivity index (χ3n) is 4.06. The summed E-state index contributed by atoms with van der Waals surface area (Å²) in [7, 11) is 0. The van der Waals surface area contributed by atoms with Gasteiger partial charge in [0.15, 0.2) is 0 Å². The molecule has 0 aliphatic heterocycles. The predicted molar refractivity (Wildman–Crippen MR) is 84.2 cm³/mol. The Morgan fingerprint density at radius 1 is 1.10 bits per heavy atom. The molecule has 3 N–H and O–H groups in total. The molecule has 2 aromatic rings. The number of carbonyl (C=O) groups excluding carboxylic acids is 1. The molecule has 0 heterocycles. The molecule has 0 unspecified atom stereocenters. The molecule has 4 heteroatoms. The number of nitrogens with one attached hydrogen (secondary N) is 1. The SMILES string of the molecule is NCC(=O)NC1(c2ccc(Cl)cc2)Cc2ccccc2C1. The van der Waals surface area contributed by atoms with E-state index in [4.69, 9.17) is 17.3 Å². The number of hydrogen-bond donors (Lipinski definition) is 2.